The van der Waals surface area contributed by atoms with Crippen LogP contribution in [0.25, 0.3) is 0 Å². The van der Waals surface area contributed by atoms with Gasteiger partial charge in [0.05, 0.1) is 5.92 Å². The molecule has 178 valence electrons. The van der Waals surface area contributed by atoms with Gasteiger partial charge in [-0.1, -0.05) is 60.1 Å². The largest absolute Gasteiger partial charge is 0.489 e. The topological polar surface area (TPSA) is 84.7 Å². The van der Waals surface area contributed by atoms with Gasteiger partial charge in [-0.25, -0.2) is 0 Å². The molecule has 6 rings (SSSR count). The Morgan fingerprint density at radius 1 is 1.09 bits per heavy atom. The summed E-state index contributed by atoms with van der Waals surface area (Å²) >= 11 is 6.00. The Bertz CT molecular complexity index is 1310. The number of hydrogen-bond acceptors (Lipinski definition) is 5. The highest BCUT2D eigenvalue weighted by atomic mass is 35.5. The normalized spacial score (nSPS) is 27.0. The molecule has 4 atom stereocenters. The summed E-state index contributed by atoms with van der Waals surface area (Å²) in [5.41, 5.74) is 1.73. The lowest BCUT2D eigenvalue weighted by Gasteiger charge is -2.32. The van der Waals surface area contributed by atoms with Crippen LogP contribution in [0.3, 0.4) is 0 Å². The zero-order valence-corrected chi connectivity index (χ0v) is 19.6. The number of carbonyl (C=O) groups excluding carboxylic acids is 1. The van der Waals surface area contributed by atoms with E-state index >= 15 is 0 Å². The van der Waals surface area contributed by atoms with Crippen molar-refractivity contribution in [3.63, 3.8) is 0 Å². The standard InChI is InChI=1S/C27H24ClN3O4/c28-18-13-11-17(12-14-18)16-35-23-10-4-1-6-19(23)24-22-9-5-15-30(22)27(25(24)31(33)34)20-7-2-3-8-21(20)29-26(27)32/h1-4,6-8,10-14,22,24-25H,5,9,15-16H2,(H,29,32)/t22-,24-,25-,27+/m1/s1. The molecule has 1 N–H and O–H groups in total. The van der Waals surface area contributed by atoms with Crippen molar-refractivity contribution >= 4 is 23.2 Å². The molecule has 0 aliphatic carbocycles. The van der Waals surface area contributed by atoms with E-state index in [0.717, 1.165) is 24.0 Å². The Morgan fingerprint density at radius 3 is 2.63 bits per heavy atom. The molecule has 0 radical (unpaired) electrons. The van der Waals surface area contributed by atoms with Crippen molar-refractivity contribution in [1.29, 1.82) is 0 Å². The maximum atomic E-state index is 13.6. The lowest BCUT2D eigenvalue weighted by molar-refractivity contribution is -0.534. The molecule has 0 unspecified atom stereocenters. The maximum Gasteiger partial charge on any atom is 0.256 e. The fourth-order valence-corrected chi connectivity index (χ4v) is 6.50. The van der Waals surface area contributed by atoms with Crippen LogP contribution in [0, 0.1) is 10.1 Å². The Labute approximate surface area is 207 Å². The van der Waals surface area contributed by atoms with Crippen LogP contribution in [-0.4, -0.2) is 34.4 Å². The first-order valence-electron chi connectivity index (χ1n) is 11.8. The first-order chi connectivity index (χ1) is 17.0. The van der Waals surface area contributed by atoms with Gasteiger partial charge in [-0.3, -0.25) is 19.8 Å². The van der Waals surface area contributed by atoms with Gasteiger partial charge in [0, 0.05) is 39.3 Å². The Morgan fingerprint density at radius 2 is 1.83 bits per heavy atom. The number of amides is 1. The minimum atomic E-state index is -1.34. The number of nitro groups is 1. The van der Waals surface area contributed by atoms with Crippen molar-refractivity contribution in [3.05, 3.63) is 105 Å². The van der Waals surface area contributed by atoms with E-state index in [1.54, 1.807) is 0 Å². The molecule has 35 heavy (non-hydrogen) atoms. The van der Waals surface area contributed by atoms with E-state index in [-0.39, 0.29) is 16.9 Å². The van der Waals surface area contributed by atoms with Gasteiger partial charge < -0.3 is 10.1 Å². The number of rotatable bonds is 5. The van der Waals surface area contributed by atoms with Crippen LogP contribution in [-0.2, 0) is 16.9 Å². The van der Waals surface area contributed by atoms with E-state index in [1.165, 1.54) is 0 Å². The number of para-hydroxylation sites is 2. The van der Waals surface area contributed by atoms with E-state index < -0.39 is 17.5 Å². The molecule has 2 saturated heterocycles. The Balaban J connectivity index is 1.45. The lowest BCUT2D eigenvalue weighted by Crippen LogP contribution is -2.55. The SMILES string of the molecule is O=C1Nc2ccccc2[C@]12[C@H]([N+](=O)[O-])[C@H](c1ccccc1OCc1ccc(Cl)cc1)[C@H]1CCCN12. The van der Waals surface area contributed by atoms with Gasteiger partial charge in [-0.05, 0) is 42.7 Å². The second-order valence-corrected chi connectivity index (χ2v) is 9.81. The summed E-state index contributed by atoms with van der Waals surface area (Å²) in [6.45, 7) is 0.952. The number of nitrogens with zero attached hydrogens (tertiary/aromatic N) is 2. The maximum absolute atomic E-state index is 13.6. The second kappa shape index (κ2) is 8.36. The molecule has 3 aromatic rings. The van der Waals surface area contributed by atoms with Crippen LogP contribution in [0.2, 0.25) is 5.02 Å². The molecular weight excluding hydrogens is 466 g/mol. The van der Waals surface area contributed by atoms with Gasteiger partial charge in [-0.15, -0.1) is 0 Å². The van der Waals surface area contributed by atoms with E-state index in [2.05, 4.69) is 10.2 Å². The average molecular weight is 490 g/mol. The smallest absolute Gasteiger partial charge is 0.256 e. The average Bonchev–Trinajstić information content (AvgIpc) is 3.52. The molecule has 3 heterocycles. The Hall–Kier alpha value is -3.42. The summed E-state index contributed by atoms with van der Waals surface area (Å²) in [6.07, 6.45) is 1.67. The fraction of sp³-hybridized carbons (Fsp3) is 0.296. The van der Waals surface area contributed by atoms with Crippen molar-refractivity contribution < 1.29 is 14.5 Å². The number of halogens is 1. The number of anilines is 1. The third-order valence-electron chi connectivity index (χ3n) is 7.68. The highest BCUT2D eigenvalue weighted by Crippen LogP contribution is 2.58. The second-order valence-electron chi connectivity index (χ2n) is 9.38. The molecule has 1 spiro atoms. The van der Waals surface area contributed by atoms with E-state index in [4.69, 9.17) is 16.3 Å². The third-order valence-corrected chi connectivity index (χ3v) is 7.93. The van der Waals surface area contributed by atoms with E-state index in [0.29, 0.717) is 35.2 Å². The van der Waals surface area contributed by atoms with Crippen molar-refractivity contribution in [2.24, 2.45) is 0 Å². The monoisotopic (exact) mass is 489 g/mol. The van der Waals surface area contributed by atoms with Crippen LogP contribution in [0.4, 0.5) is 5.69 Å². The number of ether oxygens (including phenoxy) is 1. The fourth-order valence-electron chi connectivity index (χ4n) is 6.38. The number of benzene rings is 3. The number of carbonyl (C=O) groups is 1. The van der Waals surface area contributed by atoms with Gasteiger partial charge >= 0.3 is 0 Å². The number of hydrogen-bond donors (Lipinski definition) is 1. The molecule has 3 aliphatic heterocycles. The van der Waals surface area contributed by atoms with Crippen molar-refractivity contribution in [2.75, 3.05) is 11.9 Å². The minimum absolute atomic E-state index is 0.136. The summed E-state index contributed by atoms with van der Waals surface area (Å²) in [5.74, 6) is -0.199. The first kappa shape index (κ1) is 22.1. The van der Waals surface area contributed by atoms with Crippen molar-refractivity contribution in [1.82, 2.24) is 4.90 Å². The van der Waals surface area contributed by atoms with Crippen LogP contribution >= 0.6 is 11.6 Å². The summed E-state index contributed by atoms with van der Waals surface area (Å²) in [7, 11) is 0. The predicted molar refractivity (Wildman–Crippen MR) is 132 cm³/mol. The molecule has 1 amide bonds. The number of fused-ring (bicyclic) bond motifs is 4. The van der Waals surface area contributed by atoms with Crippen LogP contribution in [0.5, 0.6) is 5.75 Å². The molecule has 0 aromatic heterocycles. The minimum Gasteiger partial charge on any atom is -0.489 e. The van der Waals surface area contributed by atoms with Gasteiger partial charge in [0.15, 0.2) is 5.54 Å². The van der Waals surface area contributed by atoms with E-state index in [1.807, 2.05) is 72.8 Å². The van der Waals surface area contributed by atoms with Crippen LogP contribution < -0.4 is 10.1 Å². The summed E-state index contributed by atoms with van der Waals surface area (Å²) < 4.78 is 6.21. The quantitative estimate of drug-likeness (QED) is 0.404. The van der Waals surface area contributed by atoms with Crippen molar-refractivity contribution in [3.8, 4) is 5.75 Å². The summed E-state index contributed by atoms with van der Waals surface area (Å²) in [4.78, 5) is 28.3. The van der Waals surface area contributed by atoms with Crippen LogP contribution in [0.15, 0.2) is 72.8 Å². The van der Waals surface area contributed by atoms with Gasteiger partial charge in [0.25, 0.3) is 11.9 Å². The molecular formula is C27H24ClN3O4. The highest BCUT2D eigenvalue weighted by Gasteiger charge is 2.73. The summed E-state index contributed by atoms with van der Waals surface area (Å²) in [5, 5.41) is 16.4. The number of nitrogens with one attached hydrogen (secondary N) is 1. The predicted octanol–water partition coefficient (Wildman–Crippen LogP) is 4.97. The molecule has 0 bridgehead atoms. The third kappa shape index (κ3) is 3.26. The molecule has 0 saturated carbocycles. The molecule has 8 heteroatoms. The molecule has 7 nitrogen and oxygen atoms in total. The molecule has 3 aliphatic rings. The van der Waals surface area contributed by atoms with E-state index in [9.17, 15) is 14.9 Å². The zero-order valence-electron chi connectivity index (χ0n) is 18.9. The molecule has 2 fully saturated rings. The Kier molecular flexibility index (Phi) is 5.27. The molecule has 3 aromatic carbocycles. The van der Waals surface area contributed by atoms with Gasteiger partial charge in [-0.2, -0.15) is 0 Å². The van der Waals surface area contributed by atoms with Gasteiger partial charge in [0.1, 0.15) is 12.4 Å². The van der Waals surface area contributed by atoms with Crippen molar-refractivity contribution in [2.45, 2.75) is 43.0 Å². The highest BCUT2D eigenvalue weighted by molar-refractivity contribution is 6.30. The lowest BCUT2D eigenvalue weighted by atomic mass is 9.77. The van der Waals surface area contributed by atoms with Gasteiger partial charge in [0.2, 0.25) is 0 Å². The first-order valence-corrected chi connectivity index (χ1v) is 12.2. The van der Waals surface area contributed by atoms with Crippen LogP contribution in [0.1, 0.15) is 35.4 Å². The summed E-state index contributed by atoms with van der Waals surface area (Å²) in [6, 6.07) is 21.0. The zero-order chi connectivity index (χ0) is 24.2.